The molecule has 0 saturated carbocycles. The summed E-state index contributed by atoms with van der Waals surface area (Å²) in [4.78, 5) is 27.7. The molecule has 0 bridgehead atoms. The van der Waals surface area contributed by atoms with E-state index < -0.39 is 0 Å². The molecule has 1 amide bonds. The van der Waals surface area contributed by atoms with E-state index in [1.165, 1.54) is 18.9 Å². The van der Waals surface area contributed by atoms with E-state index in [1.54, 1.807) is 47.4 Å². The van der Waals surface area contributed by atoms with Gasteiger partial charge in [-0.1, -0.05) is 42.5 Å². The van der Waals surface area contributed by atoms with Crippen molar-refractivity contribution in [2.75, 3.05) is 17.8 Å². The summed E-state index contributed by atoms with van der Waals surface area (Å²) in [5.41, 5.74) is 2.36. The van der Waals surface area contributed by atoms with Crippen molar-refractivity contribution in [2.24, 2.45) is 0 Å². The number of phenols is 1. The molecule has 5 rings (SSSR count). The summed E-state index contributed by atoms with van der Waals surface area (Å²) in [6.45, 7) is 0. The van der Waals surface area contributed by atoms with E-state index in [1.807, 2.05) is 30.3 Å². The minimum absolute atomic E-state index is 0.0512. The SMILES string of the molecule is COc1c(-c2ccccc2)oc2ccc(N3C(=O)CSC3c3ccc(O)cc3)cc2c1=O. The number of methoxy groups -OCH3 is 1. The maximum absolute atomic E-state index is 13.3. The van der Waals surface area contributed by atoms with Crippen molar-refractivity contribution in [3.8, 4) is 22.8 Å². The Bertz CT molecular complexity index is 1370. The number of anilines is 1. The lowest BCUT2D eigenvalue weighted by atomic mass is 10.1. The summed E-state index contributed by atoms with van der Waals surface area (Å²) in [5.74, 6) is 0.934. The molecular formula is C25H19NO5S. The quantitative estimate of drug-likeness (QED) is 0.479. The molecule has 1 atom stereocenters. The zero-order valence-electron chi connectivity index (χ0n) is 17.1. The van der Waals surface area contributed by atoms with Gasteiger partial charge in [0.25, 0.3) is 0 Å². The van der Waals surface area contributed by atoms with E-state index >= 15 is 0 Å². The number of rotatable bonds is 4. The summed E-state index contributed by atoms with van der Waals surface area (Å²) in [7, 11) is 1.44. The van der Waals surface area contributed by atoms with Gasteiger partial charge in [0, 0.05) is 11.3 Å². The molecule has 6 nitrogen and oxygen atoms in total. The second-order valence-electron chi connectivity index (χ2n) is 7.36. The van der Waals surface area contributed by atoms with Gasteiger partial charge in [0.1, 0.15) is 16.7 Å². The Hall–Kier alpha value is -3.71. The molecule has 160 valence electrons. The lowest BCUT2D eigenvalue weighted by Gasteiger charge is -2.24. The predicted octanol–water partition coefficient (Wildman–Crippen LogP) is 4.95. The highest BCUT2D eigenvalue weighted by atomic mass is 32.2. The molecule has 1 aliphatic rings. The number of carbonyl (C=O) groups excluding carboxylic acids is 1. The summed E-state index contributed by atoms with van der Waals surface area (Å²) in [5, 5.41) is 9.68. The number of thioether (sulfide) groups is 1. The monoisotopic (exact) mass is 445 g/mol. The minimum atomic E-state index is -0.296. The molecule has 1 fully saturated rings. The molecule has 32 heavy (non-hydrogen) atoms. The average Bonchev–Trinajstić information content (AvgIpc) is 3.21. The van der Waals surface area contributed by atoms with Gasteiger partial charge in [0.2, 0.25) is 17.1 Å². The Morgan fingerprint density at radius 2 is 1.78 bits per heavy atom. The fraction of sp³-hybridized carbons (Fsp3) is 0.120. The van der Waals surface area contributed by atoms with Crippen LogP contribution in [0.15, 0.2) is 82.0 Å². The summed E-state index contributed by atoms with van der Waals surface area (Å²) in [6.07, 6.45) is 0. The standard InChI is InChI=1S/C25H19NO5S/c1-30-24-22(29)19-13-17(9-12-20(19)31-23(24)15-5-3-2-4-6-15)26-21(28)14-32-25(26)16-7-10-18(27)11-8-16/h2-13,25,27H,14H2,1H3. The van der Waals surface area contributed by atoms with Crippen molar-refractivity contribution in [1.82, 2.24) is 0 Å². The second-order valence-corrected chi connectivity index (χ2v) is 8.43. The Kier molecular flexibility index (Phi) is 5.11. The van der Waals surface area contributed by atoms with E-state index in [2.05, 4.69) is 0 Å². The van der Waals surface area contributed by atoms with Gasteiger partial charge >= 0.3 is 0 Å². The second kappa shape index (κ2) is 8.09. The predicted molar refractivity (Wildman–Crippen MR) is 125 cm³/mol. The van der Waals surface area contributed by atoms with E-state index in [0.717, 1.165) is 11.1 Å². The van der Waals surface area contributed by atoms with Gasteiger partial charge in [0.05, 0.1) is 18.2 Å². The van der Waals surface area contributed by atoms with Gasteiger partial charge in [-0.3, -0.25) is 14.5 Å². The van der Waals surface area contributed by atoms with Crippen LogP contribution in [-0.2, 0) is 4.79 Å². The number of ether oxygens (including phenoxy) is 1. The summed E-state index contributed by atoms with van der Waals surface area (Å²) in [6, 6.07) is 21.3. The van der Waals surface area contributed by atoms with Crippen molar-refractivity contribution < 1.29 is 19.1 Å². The zero-order valence-corrected chi connectivity index (χ0v) is 18.0. The van der Waals surface area contributed by atoms with E-state index in [0.29, 0.717) is 28.2 Å². The number of amides is 1. The molecule has 1 aliphatic heterocycles. The fourth-order valence-corrected chi connectivity index (χ4v) is 5.05. The Labute approximate surface area is 188 Å². The molecule has 0 radical (unpaired) electrons. The molecule has 1 aromatic heterocycles. The molecule has 1 saturated heterocycles. The maximum Gasteiger partial charge on any atom is 0.238 e. The fourth-order valence-electron chi connectivity index (χ4n) is 3.87. The zero-order chi connectivity index (χ0) is 22.2. The summed E-state index contributed by atoms with van der Waals surface area (Å²) >= 11 is 1.50. The summed E-state index contributed by atoms with van der Waals surface area (Å²) < 4.78 is 11.5. The van der Waals surface area contributed by atoms with Crippen LogP contribution in [0.4, 0.5) is 5.69 Å². The normalized spacial score (nSPS) is 16.0. The highest BCUT2D eigenvalue weighted by Gasteiger charge is 2.34. The lowest BCUT2D eigenvalue weighted by Crippen LogP contribution is -2.27. The first-order chi connectivity index (χ1) is 15.6. The van der Waals surface area contributed by atoms with Gasteiger partial charge in [-0.2, -0.15) is 0 Å². The third-order valence-corrected chi connectivity index (χ3v) is 6.61. The van der Waals surface area contributed by atoms with Crippen molar-refractivity contribution >= 4 is 34.3 Å². The van der Waals surface area contributed by atoms with Gasteiger partial charge in [-0.05, 0) is 35.9 Å². The Morgan fingerprint density at radius 3 is 2.50 bits per heavy atom. The topological polar surface area (TPSA) is 80.0 Å². The molecule has 0 spiro atoms. The smallest absolute Gasteiger partial charge is 0.238 e. The Balaban J connectivity index is 1.63. The number of benzene rings is 3. The van der Waals surface area contributed by atoms with Gasteiger partial charge in [-0.25, -0.2) is 0 Å². The number of phenolic OH excluding ortho intramolecular Hbond substituents is 1. The third kappa shape index (κ3) is 3.40. The van der Waals surface area contributed by atoms with E-state index in [4.69, 9.17) is 9.15 Å². The first-order valence-corrected chi connectivity index (χ1v) is 11.0. The van der Waals surface area contributed by atoms with Crippen molar-refractivity contribution in [3.63, 3.8) is 0 Å². The molecule has 0 aliphatic carbocycles. The number of hydrogen-bond donors (Lipinski definition) is 1. The lowest BCUT2D eigenvalue weighted by molar-refractivity contribution is -0.115. The number of hydrogen-bond acceptors (Lipinski definition) is 6. The van der Waals surface area contributed by atoms with Gasteiger partial charge < -0.3 is 14.3 Å². The van der Waals surface area contributed by atoms with Crippen LogP contribution >= 0.6 is 11.8 Å². The van der Waals surface area contributed by atoms with E-state index in [9.17, 15) is 14.7 Å². The van der Waals surface area contributed by atoms with Gasteiger partial charge in [-0.15, -0.1) is 11.8 Å². The highest BCUT2D eigenvalue weighted by molar-refractivity contribution is 8.00. The first-order valence-electron chi connectivity index (χ1n) is 9.99. The molecule has 1 unspecified atom stereocenters. The van der Waals surface area contributed by atoms with E-state index in [-0.39, 0.29) is 28.2 Å². The van der Waals surface area contributed by atoms with Crippen LogP contribution in [0.25, 0.3) is 22.3 Å². The molecule has 1 N–H and O–H groups in total. The van der Waals surface area contributed by atoms with Crippen LogP contribution in [-0.4, -0.2) is 23.9 Å². The minimum Gasteiger partial charge on any atom is -0.508 e. The third-order valence-electron chi connectivity index (χ3n) is 5.40. The van der Waals surface area contributed by atoms with Crippen LogP contribution in [0.5, 0.6) is 11.5 Å². The number of nitrogens with zero attached hydrogens (tertiary/aromatic N) is 1. The van der Waals surface area contributed by atoms with Crippen LogP contribution in [0.3, 0.4) is 0 Å². The van der Waals surface area contributed by atoms with Crippen LogP contribution < -0.4 is 15.1 Å². The average molecular weight is 445 g/mol. The van der Waals surface area contributed by atoms with Crippen molar-refractivity contribution in [1.29, 1.82) is 0 Å². The van der Waals surface area contributed by atoms with Crippen LogP contribution in [0.1, 0.15) is 10.9 Å². The van der Waals surface area contributed by atoms with Gasteiger partial charge in [0.15, 0.2) is 5.76 Å². The van der Waals surface area contributed by atoms with Crippen LogP contribution in [0, 0.1) is 0 Å². The molecule has 7 heteroatoms. The number of fused-ring (bicyclic) bond motifs is 1. The number of carbonyl (C=O) groups is 1. The first kappa shape index (κ1) is 20.2. The molecule has 2 heterocycles. The van der Waals surface area contributed by atoms with Crippen LogP contribution in [0.2, 0.25) is 0 Å². The highest BCUT2D eigenvalue weighted by Crippen LogP contribution is 2.43. The molecule has 3 aromatic carbocycles. The van der Waals surface area contributed by atoms with Crippen molar-refractivity contribution in [2.45, 2.75) is 5.37 Å². The van der Waals surface area contributed by atoms with Crippen molar-refractivity contribution in [3.05, 3.63) is 88.6 Å². The molecule has 4 aromatic rings. The Morgan fingerprint density at radius 1 is 1.03 bits per heavy atom. The largest absolute Gasteiger partial charge is 0.508 e. The number of aromatic hydroxyl groups is 1. The molecular weight excluding hydrogens is 426 g/mol. The maximum atomic E-state index is 13.3.